The molecule has 104 valence electrons. The van der Waals surface area contributed by atoms with Crippen molar-refractivity contribution in [3.05, 3.63) is 11.6 Å². The smallest absolute Gasteiger partial charge is 0.160 e. The standard InChI is InChI=1S/C16H23NO2/c1-9-4-12-10(14(18)5-9)6-11-13(17-12)7-16(2,3)8-15(11)19/h6,9-10,12-13,17H,4-5,7-8H2,1-3H3. The van der Waals surface area contributed by atoms with Crippen LogP contribution >= 0.6 is 0 Å². The van der Waals surface area contributed by atoms with Gasteiger partial charge in [0.1, 0.15) is 5.78 Å². The predicted octanol–water partition coefficient (Wildman–Crippen LogP) is 2.26. The van der Waals surface area contributed by atoms with Crippen LogP contribution in [0.25, 0.3) is 0 Å². The van der Waals surface area contributed by atoms with Gasteiger partial charge in [0.2, 0.25) is 0 Å². The third-order valence-corrected chi connectivity index (χ3v) is 4.88. The van der Waals surface area contributed by atoms with E-state index in [1.54, 1.807) is 0 Å². The second kappa shape index (κ2) is 4.27. The summed E-state index contributed by atoms with van der Waals surface area (Å²) in [6.45, 7) is 6.46. The summed E-state index contributed by atoms with van der Waals surface area (Å²) in [4.78, 5) is 24.4. The van der Waals surface area contributed by atoms with Crippen LogP contribution in [0.2, 0.25) is 0 Å². The predicted molar refractivity (Wildman–Crippen MR) is 73.7 cm³/mol. The van der Waals surface area contributed by atoms with Crippen molar-refractivity contribution in [1.82, 2.24) is 5.32 Å². The summed E-state index contributed by atoms with van der Waals surface area (Å²) in [5.74, 6) is 0.939. The fourth-order valence-corrected chi connectivity index (χ4v) is 4.02. The Morgan fingerprint density at radius 2 is 2.05 bits per heavy atom. The van der Waals surface area contributed by atoms with Crippen LogP contribution in [0.5, 0.6) is 0 Å². The van der Waals surface area contributed by atoms with Gasteiger partial charge in [-0.3, -0.25) is 9.59 Å². The first-order valence-electron chi connectivity index (χ1n) is 7.39. The fourth-order valence-electron chi connectivity index (χ4n) is 4.02. The highest BCUT2D eigenvalue weighted by Gasteiger charge is 2.44. The van der Waals surface area contributed by atoms with Crippen LogP contribution in [-0.4, -0.2) is 23.7 Å². The molecular formula is C16H23NO2. The molecule has 1 aliphatic heterocycles. The zero-order valence-electron chi connectivity index (χ0n) is 12.0. The number of fused-ring (bicyclic) bond motifs is 2. The molecule has 4 unspecified atom stereocenters. The van der Waals surface area contributed by atoms with Crippen LogP contribution in [0.3, 0.4) is 0 Å². The Bertz CT molecular complexity index is 463. The monoisotopic (exact) mass is 261 g/mol. The van der Waals surface area contributed by atoms with E-state index in [0.717, 1.165) is 18.4 Å². The minimum Gasteiger partial charge on any atom is -0.306 e. The molecule has 2 saturated carbocycles. The van der Waals surface area contributed by atoms with Gasteiger partial charge in [-0.1, -0.05) is 26.8 Å². The van der Waals surface area contributed by atoms with E-state index < -0.39 is 0 Å². The molecule has 1 N–H and O–H groups in total. The summed E-state index contributed by atoms with van der Waals surface area (Å²) >= 11 is 0. The lowest BCUT2D eigenvalue weighted by Gasteiger charge is -2.45. The van der Waals surface area contributed by atoms with Crippen LogP contribution in [0, 0.1) is 17.3 Å². The lowest BCUT2D eigenvalue weighted by atomic mass is 9.67. The van der Waals surface area contributed by atoms with E-state index in [2.05, 4.69) is 26.1 Å². The Kier molecular flexibility index (Phi) is 2.93. The van der Waals surface area contributed by atoms with Crippen molar-refractivity contribution in [3.8, 4) is 0 Å². The number of rotatable bonds is 0. The van der Waals surface area contributed by atoms with Crippen molar-refractivity contribution in [2.75, 3.05) is 0 Å². The Labute approximate surface area is 114 Å². The number of hydrogen-bond acceptors (Lipinski definition) is 3. The van der Waals surface area contributed by atoms with Gasteiger partial charge in [-0.25, -0.2) is 0 Å². The first-order valence-corrected chi connectivity index (χ1v) is 7.39. The Balaban J connectivity index is 1.91. The lowest BCUT2D eigenvalue weighted by molar-refractivity contribution is -0.125. The SMILES string of the molecule is CC1CC(=O)C2C=C3C(=O)CC(C)(C)CC3NC2C1. The summed E-state index contributed by atoms with van der Waals surface area (Å²) in [6.07, 6.45) is 5.31. The summed E-state index contributed by atoms with van der Waals surface area (Å²) < 4.78 is 0. The average molecular weight is 261 g/mol. The highest BCUT2D eigenvalue weighted by molar-refractivity contribution is 5.99. The van der Waals surface area contributed by atoms with E-state index in [4.69, 9.17) is 0 Å². The van der Waals surface area contributed by atoms with Gasteiger partial charge < -0.3 is 5.32 Å². The molecular weight excluding hydrogens is 238 g/mol. The maximum Gasteiger partial charge on any atom is 0.160 e. The molecule has 19 heavy (non-hydrogen) atoms. The minimum atomic E-state index is -0.0624. The summed E-state index contributed by atoms with van der Waals surface area (Å²) in [7, 11) is 0. The molecule has 0 saturated heterocycles. The van der Waals surface area contributed by atoms with Crippen LogP contribution in [0.4, 0.5) is 0 Å². The van der Waals surface area contributed by atoms with Crippen molar-refractivity contribution in [3.63, 3.8) is 0 Å². The second-order valence-electron chi connectivity index (χ2n) is 7.45. The number of ketones is 2. The molecule has 0 aromatic rings. The van der Waals surface area contributed by atoms with Crippen LogP contribution in [0.15, 0.2) is 11.6 Å². The van der Waals surface area contributed by atoms with Gasteiger partial charge in [0.05, 0.1) is 5.92 Å². The number of carbonyl (C=O) groups is 2. The lowest BCUT2D eigenvalue weighted by Crippen LogP contribution is -2.56. The van der Waals surface area contributed by atoms with Crippen molar-refractivity contribution in [2.24, 2.45) is 17.3 Å². The quantitative estimate of drug-likeness (QED) is 0.727. The molecule has 0 amide bonds. The molecule has 3 heteroatoms. The first-order chi connectivity index (χ1) is 8.85. The maximum absolute atomic E-state index is 12.3. The number of hydrogen-bond donors (Lipinski definition) is 1. The van der Waals surface area contributed by atoms with Gasteiger partial charge in [0, 0.05) is 30.5 Å². The molecule has 0 aromatic heterocycles. The highest BCUT2D eigenvalue weighted by atomic mass is 16.1. The van der Waals surface area contributed by atoms with Crippen LogP contribution in [0.1, 0.15) is 46.5 Å². The van der Waals surface area contributed by atoms with Gasteiger partial charge in [-0.05, 0) is 24.2 Å². The normalized spacial score (nSPS) is 41.3. The Morgan fingerprint density at radius 3 is 2.79 bits per heavy atom. The molecule has 0 radical (unpaired) electrons. The molecule has 2 fully saturated rings. The first kappa shape index (κ1) is 13.0. The van der Waals surface area contributed by atoms with Crippen LogP contribution < -0.4 is 5.32 Å². The zero-order valence-corrected chi connectivity index (χ0v) is 12.0. The molecule has 3 rings (SSSR count). The zero-order chi connectivity index (χ0) is 13.8. The largest absolute Gasteiger partial charge is 0.306 e. The van der Waals surface area contributed by atoms with Crippen LogP contribution in [-0.2, 0) is 9.59 Å². The van der Waals surface area contributed by atoms with Crippen molar-refractivity contribution in [2.45, 2.75) is 58.5 Å². The summed E-state index contributed by atoms with van der Waals surface area (Å²) in [6, 6.07) is 0.405. The van der Waals surface area contributed by atoms with Crippen molar-refractivity contribution >= 4 is 11.6 Å². The summed E-state index contributed by atoms with van der Waals surface area (Å²) in [5, 5.41) is 3.59. The Hall–Kier alpha value is -0.960. The fraction of sp³-hybridized carbons (Fsp3) is 0.750. The second-order valence-corrected chi connectivity index (χ2v) is 7.45. The molecule has 0 bridgehead atoms. The van der Waals surface area contributed by atoms with Gasteiger partial charge in [0.25, 0.3) is 0 Å². The molecule has 0 spiro atoms. The van der Waals surface area contributed by atoms with Crippen molar-refractivity contribution in [1.29, 1.82) is 0 Å². The van der Waals surface area contributed by atoms with E-state index in [1.807, 2.05) is 6.08 Å². The summed E-state index contributed by atoms with van der Waals surface area (Å²) in [5.41, 5.74) is 0.951. The van der Waals surface area contributed by atoms with Crippen molar-refractivity contribution < 1.29 is 9.59 Å². The maximum atomic E-state index is 12.3. The van der Waals surface area contributed by atoms with Gasteiger partial charge in [-0.15, -0.1) is 0 Å². The number of carbonyl (C=O) groups excluding carboxylic acids is 2. The van der Waals surface area contributed by atoms with E-state index in [9.17, 15) is 9.59 Å². The number of Topliss-reactive ketones (excluding diaryl/α,β-unsaturated/α-hetero) is 2. The van der Waals surface area contributed by atoms with E-state index >= 15 is 0 Å². The Morgan fingerprint density at radius 1 is 1.32 bits per heavy atom. The molecule has 4 atom stereocenters. The molecule has 3 aliphatic rings. The number of nitrogens with one attached hydrogen (secondary N) is 1. The molecule has 2 aliphatic carbocycles. The van der Waals surface area contributed by atoms with Gasteiger partial charge in [-0.2, -0.15) is 0 Å². The molecule has 0 aromatic carbocycles. The van der Waals surface area contributed by atoms with Gasteiger partial charge in [0.15, 0.2) is 5.78 Å². The van der Waals surface area contributed by atoms with E-state index in [1.165, 1.54) is 0 Å². The third-order valence-electron chi connectivity index (χ3n) is 4.88. The topological polar surface area (TPSA) is 46.2 Å². The molecule has 1 heterocycles. The van der Waals surface area contributed by atoms with E-state index in [-0.39, 0.29) is 29.2 Å². The molecule has 3 nitrogen and oxygen atoms in total. The highest BCUT2D eigenvalue weighted by Crippen LogP contribution is 2.41. The van der Waals surface area contributed by atoms with E-state index in [0.29, 0.717) is 24.5 Å². The third kappa shape index (κ3) is 2.29. The average Bonchev–Trinajstić information content (AvgIpc) is 2.24. The minimum absolute atomic E-state index is 0.0624. The van der Waals surface area contributed by atoms with Gasteiger partial charge >= 0.3 is 0 Å².